The summed E-state index contributed by atoms with van der Waals surface area (Å²) in [6, 6.07) is 10.7. The van der Waals surface area contributed by atoms with Gasteiger partial charge in [0.1, 0.15) is 0 Å². The van der Waals surface area contributed by atoms with Gasteiger partial charge in [-0.2, -0.15) is 0 Å². The maximum Gasteiger partial charge on any atom is 0.269 e. The Morgan fingerprint density at radius 1 is 0.800 bits per heavy atom. The molecule has 9 nitrogen and oxygen atoms in total. The Morgan fingerprint density at radius 3 is 1.83 bits per heavy atom. The summed E-state index contributed by atoms with van der Waals surface area (Å²) < 4.78 is 49.6. The first kappa shape index (κ1) is 23.5. The number of hydrogen-bond donors (Lipinski definition) is 2. The van der Waals surface area contributed by atoms with E-state index in [-0.39, 0.29) is 20.9 Å². The monoisotopic (exact) mass is 453 g/mol. The van der Waals surface area contributed by atoms with E-state index >= 15 is 0 Å². The predicted molar refractivity (Wildman–Crippen MR) is 111 cm³/mol. The van der Waals surface area contributed by atoms with Crippen LogP contribution in [0.15, 0.2) is 58.3 Å². The second-order valence-electron chi connectivity index (χ2n) is 6.84. The molecule has 2 aromatic rings. The first-order valence-corrected chi connectivity index (χ1v) is 11.8. The third-order valence-corrected chi connectivity index (χ3v) is 8.21. The minimum atomic E-state index is -3.71. The summed E-state index contributed by atoms with van der Waals surface area (Å²) in [6.07, 6.45) is 0. The predicted octanol–water partition coefficient (Wildman–Crippen LogP) is 1.19. The number of amides is 2. The summed E-state index contributed by atoms with van der Waals surface area (Å²) in [5, 5.41) is -0.594. The molecule has 0 bridgehead atoms. The lowest BCUT2D eigenvalue weighted by molar-refractivity contribution is 0.0846. The maximum atomic E-state index is 12.3. The number of sulfone groups is 1. The van der Waals surface area contributed by atoms with Gasteiger partial charge < -0.3 is 0 Å². The lowest BCUT2D eigenvalue weighted by Gasteiger charge is -2.12. The fourth-order valence-corrected chi connectivity index (χ4v) is 4.34. The molecule has 0 saturated carbocycles. The fourth-order valence-electron chi connectivity index (χ4n) is 2.33. The molecule has 0 aliphatic heterocycles. The van der Waals surface area contributed by atoms with Crippen molar-refractivity contribution in [1.29, 1.82) is 0 Å². The summed E-state index contributed by atoms with van der Waals surface area (Å²) in [7, 11) is -4.42. The van der Waals surface area contributed by atoms with Gasteiger partial charge in [0.25, 0.3) is 11.8 Å². The molecule has 2 N–H and O–H groups in total. The smallest absolute Gasteiger partial charge is 0.267 e. The van der Waals surface area contributed by atoms with E-state index in [2.05, 4.69) is 10.9 Å². The Bertz CT molecular complexity index is 1160. The first-order valence-electron chi connectivity index (χ1n) is 8.84. The van der Waals surface area contributed by atoms with Crippen molar-refractivity contribution in [3.63, 3.8) is 0 Å². The van der Waals surface area contributed by atoms with Crippen LogP contribution in [0.1, 0.15) is 34.6 Å². The topological polar surface area (TPSA) is 130 Å². The van der Waals surface area contributed by atoms with E-state index in [1.165, 1.54) is 62.6 Å². The highest BCUT2D eigenvalue weighted by atomic mass is 32.2. The molecular formula is C19H23N3O6S2. The summed E-state index contributed by atoms with van der Waals surface area (Å²) in [5.41, 5.74) is 4.59. The number of hydrazine groups is 1. The van der Waals surface area contributed by atoms with Crippen LogP contribution in [0.5, 0.6) is 0 Å². The molecule has 0 heterocycles. The van der Waals surface area contributed by atoms with Gasteiger partial charge in [0.05, 0.1) is 15.0 Å². The van der Waals surface area contributed by atoms with E-state index in [0.717, 1.165) is 4.31 Å². The number of sulfonamides is 1. The number of benzene rings is 2. The zero-order valence-electron chi connectivity index (χ0n) is 16.9. The van der Waals surface area contributed by atoms with Gasteiger partial charge in [-0.3, -0.25) is 20.4 Å². The van der Waals surface area contributed by atoms with E-state index in [4.69, 9.17) is 0 Å². The minimum absolute atomic E-state index is 0.0385. The molecule has 0 aliphatic carbocycles. The zero-order chi connectivity index (χ0) is 22.7. The summed E-state index contributed by atoms with van der Waals surface area (Å²) in [6.45, 7) is 3.12. The summed E-state index contributed by atoms with van der Waals surface area (Å²) in [4.78, 5) is 24.5. The molecule has 0 fully saturated rings. The standard InChI is InChI=1S/C19H23N3O6S2/c1-13(2)29(25,26)16-10-8-14(9-11-16)18(23)20-21-19(24)15-6-5-7-17(12-15)30(27,28)22(3)4/h5-13H,1-4H3,(H,20,23)(H,21,24). The van der Waals surface area contributed by atoms with E-state index in [1.807, 2.05) is 0 Å². The molecule has 11 heteroatoms. The molecule has 0 unspecified atom stereocenters. The van der Waals surface area contributed by atoms with Gasteiger partial charge in [0.2, 0.25) is 10.0 Å². The van der Waals surface area contributed by atoms with Crippen molar-refractivity contribution >= 4 is 31.7 Å². The molecule has 2 aromatic carbocycles. The number of rotatable bonds is 6. The van der Waals surface area contributed by atoms with Gasteiger partial charge in [-0.05, 0) is 56.3 Å². The SMILES string of the molecule is CC(C)S(=O)(=O)c1ccc(C(=O)NNC(=O)c2cccc(S(=O)(=O)N(C)C)c2)cc1. The van der Waals surface area contributed by atoms with Crippen LogP contribution in [-0.4, -0.2) is 52.3 Å². The van der Waals surface area contributed by atoms with E-state index < -0.39 is 36.9 Å². The van der Waals surface area contributed by atoms with Crippen molar-refractivity contribution in [3.8, 4) is 0 Å². The highest BCUT2D eigenvalue weighted by molar-refractivity contribution is 7.92. The van der Waals surface area contributed by atoms with Gasteiger partial charge >= 0.3 is 0 Å². The average Bonchev–Trinajstić information content (AvgIpc) is 2.71. The molecule has 162 valence electrons. The van der Waals surface area contributed by atoms with Crippen LogP contribution in [0.2, 0.25) is 0 Å². The molecule has 0 spiro atoms. The van der Waals surface area contributed by atoms with Gasteiger partial charge in [-0.25, -0.2) is 21.1 Å². The van der Waals surface area contributed by atoms with Crippen LogP contribution in [0.25, 0.3) is 0 Å². The summed E-state index contributed by atoms with van der Waals surface area (Å²) in [5.74, 6) is -1.37. The number of nitrogens with zero attached hydrogens (tertiary/aromatic N) is 1. The molecule has 0 aliphatic rings. The van der Waals surface area contributed by atoms with Crippen molar-refractivity contribution in [1.82, 2.24) is 15.2 Å². The number of carbonyl (C=O) groups is 2. The Morgan fingerprint density at radius 2 is 1.33 bits per heavy atom. The number of hydrogen-bond acceptors (Lipinski definition) is 6. The van der Waals surface area contributed by atoms with Gasteiger partial charge in [0, 0.05) is 25.2 Å². The van der Waals surface area contributed by atoms with Crippen molar-refractivity contribution in [2.24, 2.45) is 0 Å². The lowest BCUT2D eigenvalue weighted by atomic mass is 10.2. The molecule has 0 saturated heterocycles. The van der Waals surface area contributed by atoms with Crippen LogP contribution in [-0.2, 0) is 19.9 Å². The molecule has 30 heavy (non-hydrogen) atoms. The highest BCUT2D eigenvalue weighted by Crippen LogP contribution is 2.17. The van der Waals surface area contributed by atoms with Crippen molar-refractivity contribution < 1.29 is 26.4 Å². The largest absolute Gasteiger partial charge is 0.269 e. The third kappa shape index (κ3) is 5.04. The molecule has 2 amide bonds. The van der Waals surface area contributed by atoms with Crippen LogP contribution in [0.4, 0.5) is 0 Å². The van der Waals surface area contributed by atoms with Crippen molar-refractivity contribution in [3.05, 3.63) is 59.7 Å². The normalized spacial score (nSPS) is 12.1. The number of carbonyl (C=O) groups excluding carboxylic acids is 2. The molecule has 0 atom stereocenters. The second kappa shape index (κ2) is 8.94. The quantitative estimate of drug-likeness (QED) is 0.632. The Hall–Kier alpha value is -2.76. The Labute approximate surface area is 176 Å². The summed E-state index contributed by atoms with van der Waals surface area (Å²) >= 11 is 0. The van der Waals surface area contributed by atoms with E-state index in [1.54, 1.807) is 13.8 Å². The Balaban J connectivity index is 2.09. The average molecular weight is 454 g/mol. The van der Waals surface area contributed by atoms with Gasteiger partial charge in [-0.1, -0.05) is 6.07 Å². The van der Waals surface area contributed by atoms with Crippen LogP contribution in [0.3, 0.4) is 0 Å². The van der Waals surface area contributed by atoms with Gasteiger partial charge in [-0.15, -0.1) is 0 Å². The second-order valence-corrected chi connectivity index (χ2v) is 11.5. The van der Waals surface area contributed by atoms with Crippen LogP contribution < -0.4 is 10.9 Å². The van der Waals surface area contributed by atoms with Gasteiger partial charge in [0.15, 0.2) is 9.84 Å². The fraction of sp³-hybridized carbons (Fsp3) is 0.263. The zero-order valence-corrected chi connectivity index (χ0v) is 18.5. The van der Waals surface area contributed by atoms with E-state index in [9.17, 15) is 26.4 Å². The minimum Gasteiger partial charge on any atom is -0.267 e. The molecule has 0 radical (unpaired) electrons. The van der Waals surface area contributed by atoms with Crippen molar-refractivity contribution in [2.75, 3.05) is 14.1 Å². The lowest BCUT2D eigenvalue weighted by Crippen LogP contribution is -2.41. The maximum absolute atomic E-state index is 12.3. The van der Waals surface area contributed by atoms with Crippen LogP contribution >= 0.6 is 0 Å². The molecule has 0 aromatic heterocycles. The molecular weight excluding hydrogens is 430 g/mol. The third-order valence-electron chi connectivity index (χ3n) is 4.23. The van der Waals surface area contributed by atoms with Crippen LogP contribution in [0, 0.1) is 0 Å². The van der Waals surface area contributed by atoms with Crippen molar-refractivity contribution in [2.45, 2.75) is 28.9 Å². The number of nitrogens with one attached hydrogen (secondary N) is 2. The molecule has 2 rings (SSSR count). The first-order chi connectivity index (χ1) is 13.9. The van der Waals surface area contributed by atoms with E-state index in [0.29, 0.717) is 0 Å². The highest BCUT2D eigenvalue weighted by Gasteiger charge is 2.20. The Kier molecular flexibility index (Phi) is 7.01.